The fourth-order valence-corrected chi connectivity index (χ4v) is 1.73. The van der Waals surface area contributed by atoms with Gasteiger partial charge in [-0.3, -0.25) is 9.69 Å². The highest BCUT2D eigenvalue weighted by Crippen LogP contribution is 2.08. The molecule has 0 aliphatic carbocycles. The fourth-order valence-electron chi connectivity index (χ4n) is 1.73. The summed E-state index contributed by atoms with van der Waals surface area (Å²) >= 11 is 0. The standard InChI is InChI=1S/C11H23N3O.2ClH/c1-9(2)13(3)8-11(15)14-6-4-5-10(12)7-14;;/h9-10H,4-8,12H2,1-3H3;2*1H. The van der Waals surface area contributed by atoms with Crippen LogP contribution in [0.25, 0.3) is 0 Å². The number of hydrogen-bond donors (Lipinski definition) is 1. The maximum absolute atomic E-state index is 11.9. The Labute approximate surface area is 117 Å². The maximum atomic E-state index is 11.9. The summed E-state index contributed by atoms with van der Waals surface area (Å²) in [4.78, 5) is 15.8. The number of halogens is 2. The van der Waals surface area contributed by atoms with Gasteiger partial charge in [-0.05, 0) is 33.7 Å². The van der Waals surface area contributed by atoms with Crippen molar-refractivity contribution in [1.82, 2.24) is 9.80 Å². The zero-order chi connectivity index (χ0) is 11.4. The van der Waals surface area contributed by atoms with E-state index in [1.807, 2.05) is 11.9 Å². The third-order valence-corrected chi connectivity index (χ3v) is 3.08. The van der Waals surface area contributed by atoms with Crippen LogP contribution in [0.3, 0.4) is 0 Å². The Morgan fingerprint density at radius 3 is 2.53 bits per heavy atom. The van der Waals surface area contributed by atoms with E-state index in [1.165, 1.54) is 0 Å². The molecular weight excluding hydrogens is 261 g/mol. The summed E-state index contributed by atoms with van der Waals surface area (Å²) < 4.78 is 0. The van der Waals surface area contributed by atoms with Crippen molar-refractivity contribution in [2.24, 2.45) is 5.73 Å². The minimum Gasteiger partial charge on any atom is -0.340 e. The highest BCUT2D eigenvalue weighted by atomic mass is 35.5. The molecule has 0 aromatic rings. The molecule has 1 fully saturated rings. The Morgan fingerprint density at radius 1 is 1.47 bits per heavy atom. The number of amides is 1. The van der Waals surface area contributed by atoms with Gasteiger partial charge in [0.1, 0.15) is 0 Å². The normalized spacial score (nSPS) is 19.9. The smallest absolute Gasteiger partial charge is 0.236 e. The lowest BCUT2D eigenvalue weighted by Crippen LogP contribution is -2.49. The van der Waals surface area contributed by atoms with Crippen LogP contribution in [0.15, 0.2) is 0 Å². The van der Waals surface area contributed by atoms with E-state index in [1.54, 1.807) is 0 Å². The van der Waals surface area contributed by atoms with E-state index in [4.69, 9.17) is 5.73 Å². The summed E-state index contributed by atoms with van der Waals surface area (Å²) in [6, 6.07) is 0.583. The average Bonchev–Trinajstić information content (AvgIpc) is 2.17. The monoisotopic (exact) mass is 285 g/mol. The molecule has 1 aliphatic heterocycles. The van der Waals surface area contributed by atoms with Crippen LogP contribution >= 0.6 is 24.8 Å². The topological polar surface area (TPSA) is 49.6 Å². The number of nitrogens with zero attached hydrogens (tertiary/aromatic N) is 2. The number of carbonyl (C=O) groups excluding carboxylic acids is 1. The van der Waals surface area contributed by atoms with Gasteiger partial charge in [0.05, 0.1) is 6.54 Å². The molecule has 1 unspecified atom stereocenters. The van der Waals surface area contributed by atoms with Crippen molar-refractivity contribution in [3.63, 3.8) is 0 Å². The van der Waals surface area contributed by atoms with Gasteiger partial charge < -0.3 is 10.6 Å². The van der Waals surface area contributed by atoms with Crippen molar-refractivity contribution >= 4 is 30.7 Å². The van der Waals surface area contributed by atoms with Crippen LogP contribution in [-0.4, -0.2) is 54.5 Å². The lowest BCUT2D eigenvalue weighted by Gasteiger charge is -2.32. The Bertz CT molecular complexity index is 227. The molecular formula is C11H25Cl2N3O. The number of rotatable bonds is 3. The average molecular weight is 286 g/mol. The molecule has 17 heavy (non-hydrogen) atoms. The number of likely N-dealkylation sites (N-methyl/N-ethyl adjacent to an activating group) is 1. The molecule has 1 saturated heterocycles. The van der Waals surface area contributed by atoms with Crippen LogP contribution in [0.4, 0.5) is 0 Å². The van der Waals surface area contributed by atoms with Crippen molar-refractivity contribution in [3.8, 4) is 0 Å². The number of carbonyl (C=O) groups is 1. The third-order valence-electron chi connectivity index (χ3n) is 3.08. The van der Waals surface area contributed by atoms with Crippen LogP contribution in [0.5, 0.6) is 0 Å². The number of piperidine rings is 1. The van der Waals surface area contributed by atoms with Gasteiger partial charge in [-0.15, -0.1) is 24.8 Å². The Balaban J connectivity index is 0. The molecule has 4 nitrogen and oxygen atoms in total. The van der Waals surface area contributed by atoms with Crippen LogP contribution in [0.2, 0.25) is 0 Å². The molecule has 6 heteroatoms. The third kappa shape index (κ3) is 6.46. The summed E-state index contributed by atoms with van der Waals surface area (Å²) in [5.74, 6) is 0.210. The van der Waals surface area contributed by atoms with E-state index in [9.17, 15) is 4.79 Å². The zero-order valence-corrected chi connectivity index (χ0v) is 12.5. The minimum absolute atomic E-state index is 0. The number of likely N-dealkylation sites (tertiary alicyclic amines) is 1. The van der Waals surface area contributed by atoms with Crippen LogP contribution in [-0.2, 0) is 4.79 Å². The second-order valence-corrected chi connectivity index (χ2v) is 4.75. The molecule has 104 valence electrons. The van der Waals surface area contributed by atoms with E-state index in [0.717, 1.165) is 25.9 Å². The van der Waals surface area contributed by atoms with Crippen molar-refractivity contribution in [3.05, 3.63) is 0 Å². The molecule has 0 saturated carbocycles. The number of nitrogens with two attached hydrogens (primary N) is 1. The molecule has 1 rings (SSSR count). The van der Waals surface area contributed by atoms with Gasteiger partial charge in [-0.2, -0.15) is 0 Å². The lowest BCUT2D eigenvalue weighted by molar-refractivity contribution is -0.133. The lowest BCUT2D eigenvalue weighted by atomic mass is 10.1. The van der Waals surface area contributed by atoms with E-state index >= 15 is 0 Å². The minimum atomic E-state index is 0. The van der Waals surface area contributed by atoms with Gasteiger partial charge >= 0.3 is 0 Å². The second kappa shape index (κ2) is 8.97. The van der Waals surface area contributed by atoms with E-state index < -0.39 is 0 Å². The zero-order valence-electron chi connectivity index (χ0n) is 10.9. The van der Waals surface area contributed by atoms with Crippen molar-refractivity contribution < 1.29 is 4.79 Å². The van der Waals surface area contributed by atoms with Crippen molar-refractivity contribution in [2.45, 2.75) is 38.8 Å². The SMILES string of the molecule is CC(C)N(C)CC(=O)N1CCCC(N)C1.Cl.Cl. The van der Waals surface area contributed by atoms with Crippen LogP contribution in [0.1, 0.15) is 26.7 Å². The van der Waals surface area contributed by atoms with Gasteiger partial charge in [-0.25, -0.2) is 0 Å². The molecule has 1 heterocycles. The quantitative estimate of drug-likeness (QED) is 0.846. The van der Waals surface area contributed by atoms with E-state index in [2.05, 4.69) is 18.7 Å². The first kappa shape index (κ1) is 19.3. The van der Waals surface area contributed by atoms with Gasteiger partial charge in [0, 0.05) is 25.2 Å². The Morgan fingerprint density at radius 2 is 2.06 bits per heavy atom. The summed E-state index contributed by atoms with van der Waals surface area (Å²) in [6.45, 7) is 6.29. The molecule has 1 amide bonds. The summed E-state index contributed by atoms with van der Waals surface area (Å²) in [5.41, 5.74) is 5.85. The summed E-state index contributed by atoms with van der Waals surface area (Å²) in [5, 5.41) is 0. The molecule has 2 N–H and O–H groups in total. The Hall–Kier alpha value is -0.0300. The van der Waals surface area contributed by atoms with Gasteiger partial charge in [0.25, 0.3) is 0 Å². The second-order valence-electron chi connectivity index (χ2n) is 4.75. The van der Waals surface area contributed by atoms with Crippen molar-refractivity contribution in [1.29, 1.82) is 0 Å². The first-order valence-corrected chi connectivity index (χ1v) is 5.74. The molecule has 0 bridgehead atoms. The predicted molar refractivity (Wildman–Crippen MR) is 76.1 cm³/mol. The van der Waals surface area contributed by atoms with Crippen LogP contribution in [0, 0.1) is 0 Å². The first-order chi connectivity index (χ1) is 7.00. The van der Waals surface area contributed by atoms with E-state index in [0.29, 0.717) is 12.6 Å². The summed E-state index contributed by atoms with van der Waals surface area (Å²) in [6.07, 6.45) is 2.09. The fraction of sp³-hybridized carbons (Fsp3) is 0.909. The predicted octanol–water partition coefficient (Wildman–Crippen LogP) is 1.12. The molecule has 1 atom stereocenters. The maximum Gasteiger partial charge on any atom is 0.236 e. The largest absolute Gasteiger partial charge is 0.340 e. The van der Waals surface area contributed by atoms with Crippen LogP contribution < -0.4 is 5.73 Å². The first-order valence-electron chi connectivity index (χ1n) is 5.74. The van der Waals surface area contributed by atoms with Gasteiger partial charge in [-0.1, -0.05) is 0 Å². The van der Waals surface area contributed by atoms with Gasteiger partial charge in [0.15, 0.2) is 0 Å². The molecule has 0 aromatic heterocycles. The van der Waals surface area contributed by atoms with E-state index in [-0.39, 0.29) is 36.8 Å². The molecule has 0 radical (unpaired) electrons. The highest BCUT2D eigenvalue weighted by molar-refractivity contribution is 5.85. The van der Waals surface area contributed by atoms with Crippen molar-refractivity contribution in [2.75, 3.05) is 26.7 Å². The molecule has 1 aliphatic rings. The number of hydrogen-bond acceptors (Lipinski definition) is 3. The Kier molecular flexibility index (Phi) is 10.2. The molecule has 0 spiro atoms. The van der Waals surface area contributed by atoms with Gasteiger partial charge in [0.2, 0.25) is 5.91 Å². The summed E-state index contributed by atoms with van der Waals surface area (Å²) in [7, 11) is 1.98. The molecule has 0 aromatic carbocycles. The highest BCUT2D eigenvalue weighted by Gasteiger charge is 2.22.